The number of halogens is 2. The number of benzene rings is 1. The first-order chi connectivity index (χ1) is 10.00. The number of H-pyrrole nitrogens is 1. The van der Waals surface area contributed by atoms with Crippen molar-refractivity contribution in [2.24, 2.45) is 0 Å². The summed E-state index contributed by atoms with van der Waals surface area (Å²) in [6.07, 6.45) is 2.65. The zero-order chi connectivity index (χ0) is 15.0. The van der Waals surface area contributed by atoms with E-state index in [-0.39, 0.29) is 10.4 Å². The number of hydrogen-bond acceptors (Lipinski definition) is 4. The first-order valence-corrected chi connectivity index (χ1v) is 9.31. The minimum absolute atomic E-state index is 0.0834. The Bertz CT molecular complexity index is 750. The summed E-state index contributed by atoms with van der Waals surface area (Å²) in [6, 6.07) is 5.10. The molecule has 0 aliphatic carbocycles. The van der Waals surface area contributed by atoms with Gasteiger partial charge in [-0.05, 0) is 17.7 Å². The molecule has 1 unspecified atom stereocenters. The molecule has 3 rings (SSSR count). The quantitative estimate of drug-likeness (QED) is 0.909. The van der Waals surface area contributed by atoms with E-state index >= 15 is 0 Å². The van der Waals surface area contributed by atoms with Crippen LogP contribution in [0.5, 0.6) is 0 Å². The van der Waals surface area contributed by atoms with E-state index in [1.807, 2.05) is 0 Å². The number of aromatic amines is 1. The molecule has 112 valence electrons. The molecule has 1 aliphatic rings. The smallest absolute Gasteiger partial charge is 0.261 e. The fourth-order valence-corrected chi connectivity index (χ4v) is 5.90. The highest BCUT2D eigenvalue weighted by molar-refractivity contribution is 8.01. The molecular weight excluding hydrogens is 353 g/mol. The van der Waals surface area contributed by atoms with Crippen LogP contribution in [0.4, 0.5) is 0 Å². The monoisotopic (exact) mass is 363 g/mol. The summed E-state index contributed by atoms with van der Waals surface area (Å²) in [6.45, 7) is 0.426. The number of nitrogens with zero attached hydrogens (tertiary/aromatic N) is 2. The van der Waals surface area contributed by atoms with Gasteiger partial charge >= 0.3 is 0 Å². The molecule has 1 atom stereocenters. The maximum atomic E-state index is 12.6. The van der Waals surface area contributed by atoms with Crippen molar-refractivity contribution in [1.82, 2.24) is 14.3 Å². The third kappa shape index (κ3) is 2.80. The van der Waals surface area contributed by atoms with Gasteiger partial charge in [0.05, 0.1) is 17.9 Å². The number of aromatic nitrogens is 2. The van der Waals surface area contributed by atoms with E-state index in [0.29, 0.717) is 22.3 Å². The maximum absolute atomic E-state index is 12.6. The minimum Gasteiger partial charge on any atom is -0.335 e. The Labute approximate surface area is 136 Å². The lowest BCUT2D eigenvalue weighted by Crippen LogP contribution is -2.30. The number of hydrogen-bond donors (Lipinski definition) is 1. The van der Waals surface area contributed by atoms with Gasteiger partial charge in [0.2, 0.25) is 0 Å². The van der Waals surface area contributed by atoms with Crippen molar-refractivity contribution in [3.8, 4) is 0 Å². The van der Waals surface area contributed by atoms with Crippen molar-refractivity contribution >= 4 is 45.0 Å². The van der Waals surface area contributed by atoms with Crippen LogP contribution in [0.15, 0.2) is 35.7 Å². The van der Waals surface area contributed by atoms with E-state index in [0.717, 1.165) is 5.56 Å². The van der Waals surface area contributed by atoms with Gasteiger partial charge in [-0.1, -0.05) is 29.3 Å². The molecule has 2 aromatic rings. The molecule has 9 heteroatoms. The number of rotatable bonds is 3. The summed E-state index contributed by atoms with van der Waals surface area (Å²) in [5, 5.41) is 0.713. The Morgan fingerprint density at radius 3 is 2.86 bits per heavy atom. The third-order valence-electron chi connectivity index (χ3n) is 3.14. The van der Waals surface area contributed by atoms with Crippen LogP contribution >= 0.6 is 35.0 Å². The number of nitrogens with one attached hydrogen (secondary N) is 1. The average molecular weight is 364 g/mol. The van der Waals surface area contributed by atoms with Crippen LogP contribution in [0.2, 0.25) is 10.0 Å². The molecule has 2 heterocycles. The second-order valence-electron chi connectivity index (χ2n) is 4.42. The Morgan fingerprint density at radius 2 is 2.19 bits per heavy atom. The summed E-state index contributed by atoms with van der Waals surface area (Å²) >= 11 is 13.6. The molecule has 1 fully saturated rings. The van der Waals surface area contributed by atoms with Crippen LogP contribution in [-0.4, -0.2) is 35.0 Å². The molecule has 1 aliphatic heterocycles. The molecular formula is C12H11Cl2N3O2S2. The van der Waals surface area contributed by atoms with Crippen molar-refractivity contribution in [3.63, 3.8) is 0 Å². The molecule has 1 aromatic heterocycles. The lowest BCUT2D eigenvalue weighted by Gasteiger charge is -2.23. The van der Waals surface area contributed by atoms with Crippen LogP contribution in [0, 0.1) is 0 Å². The summed E-state index contributed by atoms with van der Waals surface area (Å²) in [5.41, 5.74) is 0.742. The molecule has 1 aromatic carbocycles. The highest BCUT2D eigenvalue weighted by Crippen LogP contribution is 2.43. The second-order valence-corrected chi connectivity index (χ2v) is 8.31. The number of thioether (sulfide) groups is 1. The third-order valence-corrected chi connectivity index (χ3v) is 6.87. The molecule has 0 amide bonds. The highest BCUT2D eigenvalue weighted by atomic mass is 35.5. The largest absolute Gasteiger partial charge is 0.335 e. The lowest BCUT2D eigenvalue weighted by molar-refractivity contribution is 0.432. The van der Waals surface area contributed by atoms with Crippen molar-refractivity contribution < 1.29 is 8.42 Å². The van der Waals surface area contributed by atoms with Crippen molar-refractivity contribution in [2.75, 3.05) is 12.3 Å². The van der Waals surface area contributed by atoms with Gasteiger partial charge < -0.3 is 4.98 Å². The first kappa shape index (κ1) is 15.2. The van der Waals surface area contributed by atoms with E-state index in [9.17, 15) is 8.42 Å². The van der Waals surface area contributed by atoms with Gasteiger partial charge in [-0.3, -0.25) is 0 Å². The topological polar surface area (TPSA) is 66.1 Å². The Morgan fingerprint density at radius 1 is 1.38 bits per heavy atom. The van der Waals surface area contributed by atoms with Crippen LogP contribution in [0.3, 0.4) is 0 Å². The van der Waals surface area contributed by atoms with Gasteiger partial charge in [-0.25, -0.2) is 13.4 Å². The molecule has 21 heavy (non-hydrogen) atoms. The van der Waals surface area contributed by atoms with E-state index < -0.39 is 10.0 Å². The van der Waals surface area contributed by atoms with Gasteiger partial charge in [0, 0.05) is 22.3 Å². The normalized spacial score (nSPS) is 20.0. The van der Waals surface area contributed by atoms with Crippen molar-refractivity contribution in [1.29, 1.82) is 0 Å². The maximum Gasteiger partial charge on any atom is 0.261 e. The van der Waals surface area contributed by atoms with Crippen molar-refractivity contribution in [3.05, 3.63) is 46.3 Å². The predicted octanol–water partition coefficient (Wildman–Crippen LogP) is 3.15. The van der Waals surface area contributed by atoms with Crippen LogP contribution < -0.4 is 0 Å². The SMILES string of the molecule is O=S(=O)(c1cnc[nH]1)N1CCSC1c1ccc(Cl)cc1Cl. The van der Waals surface area contributed by atoms with E-state index in [2.05, 4.69) is 9.97 Å². The fraction of sp³-hybridized carbons (Fsp3) is 0.250. The highest BCUT2D eigenvalue weighted by Gasteiger charge is 2.38. The van der Waals surface area contributed by atoms with E-state index in [4.69, 9.17) is 23.2 Å². The average Bonchev–Trinajstić information content (AvgIpc) is 3.10. The minimum atomic E-state index is -3.62. The number of sulfonamides is 1. The van der Waals surface area contributed by atoms with Gasteiger partial charge in [-0.15, -0.1) is 11.8 Å². The molecule has 0 bridgehead atoms. The Balaban J connectivity index is 2.00. The van der Waals surface area contributed by atoms with Gasteiger partial charge in [0.25, 0.3) is 10.0 Å². The fourth-order valence-electron chi connectivity index (χ4n) is 2.16. The van der Waals surface area contributed by atoms with E-state index in [1.54, 1.807) is 18.2 Å². The lowest BCUT2D eigenvalue weighted by atomic mass is 10.2. The van der Waals surface area contributed by atoms with Crippen LogP contribution in [0.25, 0.3) is 0 Å². The summed E-state index contributed by atoms with van der Waals surface area (Å²) in [4.78, 5) is 6.42. The zero-order valence-electron chi connectivity index (χ0n) is 10.7. The number of imidazole rings is 1. The summed E-state index contributed by atoms with van der Waals surface area (Å²) in [7, 11) is -3.62. The molecule has 0 saturated carbocycles. The summed E-state index contributed by atoms with van der Waals surface area (Å²) < 4.78 is 26.7. The molecule has 1 N–H and O–H groups in total. The van der Waals surface area contributed by atoms with Crippen molar-refractivity contribution in [2.45, 2.75) is 10.4 Å². The Hall–Kier alpha value is -0.730. The van der Waals surface area contributed by atoms with Gasteiger partial charge in [-0.2, -0.15) is 4.31 Å². The Kier molecular flexibility index (Phi) is 4.20. The second kappa shape index (κ2) is 5.81. The first-order valence-electron chi connectivity index (χ1n) is 6.07. The molecule has 1 saturated heterocycles. The van der Waals surface area contributed by atoms with Crippen LogP contribution in [-0.2, 0) is 10.0 Å². The van der Waals surface area contributed by atoms with Crippen LogP contribution in [0.1, 0.15) is 10.9 Å². The van der Waals surface area contributed by atoms with Gasteiger partial charge in [0.15, 0.2) is 5.03 Å². The summed E-state index contributed by atoms with van der Waals surface area (Å²) in [5.74, 6) is 0.705. The molecule has 0 spiro atoms. The van der Waals surface area contributed by atoms with E-state index in [1.165, 1.54) is 28.6 Å². The molecule has 0 radical (unpaired) electrons. The predicted molar refractivity (Wildman–Crippen MR) is 84.1 cm³/mol. The van der Waals surface area contributed by atoms with Gasteiger partial charge in [0.1, 0.15) is 0 Å². The molecule has 5 nitrogen and oxygen atoms in total. The standard InChI is InChI=1S/C12H11Cl2N3O2S2/c13-8-1-2-9(10(14)5-8)12-17(3-4-20-12)21(18,19)11-6-15-7-16-11/h1-2,5-7,12H,3-4H2,(H,15,16). The zero-order valence-corrected chi connectivity index (χ0v) is 13.8.